The van der Waals surface area contributed by atoms with E-state index in [0.29, 0.717) is 11.5 Å². The van der Waals surface area contributed by atoms with Crippen molar-refractivity contribution in [2.24, 2.45) is 11.7 Å². The Kier molecular flexibility index (Phi) is 2.04. The van der Waals surface area contributed by atoms with Crippen molar-refractivity contribution in [3.63, 3.8) is 0 Å². The molecule has 1 atom stereocenters. The normalized spacial score (nSPS) is 18.7. The van der Waals surface area contributed by atoms with Crippen LogP contribution in [0.15, 0.2) is 18.2 Å². The molecule has 0 radical (unpaired) electrons. The Morgan fingerprint density at radius 2 is 2.00 bits per heavy atom. The molecule has 0 amide bonds. The topological polar surface area (TPSA) is 26.0 Å². The summed E-state index contributed by atoms with van der Waals surface area (Å²) in [6.07, 6.45) is 2.11. The monoisotopic (exact) mass is 183 g/mol. The van der Waals surface area contributed by atoms with Gasteiger partial charge in [0.05, 0.1) is 0 Å². The molecule has 1 aliphatic carbocycles. The van der Waals surface area contributed by atoms with Crippen LogP contribution in [0.3, 0.4) is 0 Å². The lowest BCUT2D eigenvalue weighted by atomic mass is 10.0. The van der Waals surface area contributed by atoms with Crippen LogP contribution < -0.4 is 5.73 Å². The predicted molar refractivity (Wildman–Crippen MR) is 46.0 cm³/mol. The number of nitrogens with two attached hydrogens (primary N) is 1. The predicted octanol–water partition coefficient (Wildman–Crippen LogP) is 2.37. The van der Waals surface area contributed by atoms with Gasteiger partial charge < -0.3 is 5.73 Å². The number of benzene rings is 1. The summed E-state index contributed by atoms with van der Waals surface area (Å²) < 4.78 is 25.7. The Balaban J connectivity index is 2.28. The molecule has 1 fully saturated rings. The van der Waals surface area contributed by atoms with Gasteiger partial charge in [-0.1, -0.05) is 6.07 Å². The third kappa shape index (κ3) is 1.70. The minimum absolute atomic E-state index is 0.263. The summed E-state index contributed by atoms with van der Waals surface area (Å²) in [5, 5.41) is 0. The Labute approximate surface area is 75.6 Å². The van der Waals surface area contributed by atoms with Crippen molar-refractivity contribution in [2.75, 3.05) is 0 Å². The molecule has 1 unspecified atom stereocenters. The van der Waals surface area contributed by atoms with Crippen molar-refractivity contribution in [3.8, 4) is 0 Å². The zero-order valence-electron chi connectivity index (χ0n) is 7.13. The molecular formula is C10H11F2N. The maximum absolute atomic E-state index is 13.2. The van der Waals surface area contributed by atoms with Crippen LogP contribution in [-0.4, -0.2) is 0 Å². The zero-order chi connectivity index (χ0) is 9.42. The quantitative estimate of drug-likeness (QED) is 0.748. The first-order valence-corrected chi connectivity index (χ1v) is 4.39. The minimum atomic E-state index is -0.552. The smallest absolute Gasteiger partial charge is 0.130 e. The molecule has 0 spiro atoms. The molecular weight excluding hydrogens is 172 g/mol. The van der Waals surface area contributed by atoms with E-state index in [1.54, 1.807) is 0 Å². The first-order valence-electron chi connectivity index (χ1n) is 4.39. The lowest BCUT2D eigenvalue weighted by Crippen LogP contribution is -2.14. The van der Waals surface area contributed by atoms with Crippen LogP contribution in [0, 0.1) is 17.6 Å². The number of hydrogen-bond acceptors (Lipinski definition) is 1. The van der Waals surface area contributed by atoms with Gasteiger partial charge in [0, 0.05) is 17.7 Å². The van der Waals surface area contributed by atoms with Gasteiger partial charge in [-0.3, -0.25) is 0 Å². The molecule has 1 saturated carbocycles. The SMILES string of the molecule is NC(c1ccc(F)cc1F)C1CC1. The summed E-state index contributed by atoms with van der Waals surface area (Å²) in [6, 6.07) is 3.31. The number of halogens is 2. The molecule has 0 heterocycles. The van der Waals surface area contributed by atoms with Crippen molar-refractivity contribution in [3.05, 3.63) is 35.4 Å². The van der Waals surface area contributed by atoms with Crippen molar-refractivity contribution in [1.82, 2.24) is 0 Å². The van der Waals surface area contributed by atoms with Crippen LogP contribution in [0.2, 0.25) is 0 Å². The van der Waals surface area contributed by atoms with E-state index in [-0.39, 0.29) is 6.04 Å². The van der Waals surface area contributed by atoms with Crippen LogP contribution in [0.5, 0.6) is 0 Å². The van der Waals surface area contributed by atoms with Gasteiger partial charge in [0.15, 0.2) is 0 Å². The lowest BCUT2D eigenvalue weighted by Gasteiger charge is -2.11. The van der Waals surface area contributed by atoms with Gasteiger partial charge in [-0.05, 0) is 24.8 Å². The van der Waals surface area contributed by atoms with E-state index in [0.717, 1.165) is 18.9 Å². The summed E-state index contributed by atoms with van der Waals surface area (Å²) in [6.45, 7) is 0. The molecule has 2 N–H and O–H groups in total. The van der Waals surface area contributed by atoms with Crippen molar-refractivity contribution >= 4 is 0 Å². The van der Waals surface area contributed by atoms with Gasteiger partial charge >= 0.3 is 0 Å². The Hall–Kier alpha value is -0.960. The number of hydrogen-bond donors (Lipinski definition) is 1. The fraction of sp³-hybridized carbons (Fsp3) is 0.400. The van der Waals surface area contributed by atoms with Gasteiger partial charge in [-0.2, -0.15) is 0 Å². The van der Waals surface area contributed by atoms with E-state index in [2.05, 4.69) is 0 Å². The average molecular weight is 183 g/mol. The maximum atomic E-state index is 13.2. The molecule has 1 aliphatic rings. The first kappa shape index (κ1) is 8.63. The van der Waals surface area contributed by atoms with Crippen LogP contribution in [0.1, 0.15) is 24.4 Å². The van der Waals surface area contributed by atoms with Crippen LogP contribution in [-0.2, 0) is 0 Å². The second kappa shape index (κ2) is 3.07. The summed E-state index contributed by atoms with van der Waals surface area (Å²) in [5.41, 5.74) is 6.22. The van der Waals surface area contributed by atoms with E-state index in [1.165, 1.54) is 12.1 Å². The molecule has 0 aromatic heterocycles. The fourth-order valence-electron chi connectivity index (χ4n) is 1.48. The van der Waals surface area contributed by atoms with Gasteiger partial charge in [0.1, 0.15) is 11.6 Å². The van der Waals surface area contributed by atoms with Gasteiger partial charge in [-0.15, -0.1) is 0 Å². The number of rotatable bonds is 2. The van der Waals surface area contributed by atoms with Gasteiger partial charge in [0.2, 0.25) is 0 Å². The molecule has 70 valence electrons. The highest BCUT2D eigenvalue weighted by Crippen LogP contribution is 2.40. The highest BCUT2D eigenvalue weighted by atomic mass is 19.1. The molecule has 1 aromatic rings. The molecule has 0 bridgehead atoms. The van der Waals surface area contributed by atoms with Crippen LogP contribution in [0.4, 0.5) is 8.78 Å². The summed E-state index contributed by atoms with van der Waals surface area (Å²) in [4.78, 5) is 0. The van der Waals surface area contributed by atoms with E-state index in [9.17, 15) is 8.78 Å². The Morgan fingerprint density at radius 3 is 2.54 bits per heavy atom. The third-order valence-corrected chi connectivity index (χ3v) is 2.45. The Morgan fingerprint density at radius 1 is 1.31 bits per heavy atom. The van der Waals surface area contributed by atoms with Crippen LogP contribution >= 0.6 is 0 Å². The lowest BCUT2D eigenvalue weighted by molar-refractivity contribution is 0.536. The molecule has 1 nitrogen and oxygen atoms in total. The zero-order valence-corrected chi connectivity index (χ0v) is 7.13. The van der Waals surface area contributed by atoms with Gasteiger partial charge in [0.25, 0.3) is 0 Å². The second-order valence-electron chi connectivity index (χ2n) is 3.53. The van der Waals surface area contributed by atoms with Crippen molar-refractivity contribution < 1.29 is 8.78 Å². The standard InChI is InChI=1S/C10H11F2N/c11-7-3-4-8(9(12)5-7)10(13)6-1-2-6/h3-6,10H,1-2,13H2. The van der Waals surface area contributed by atoms with E-state index < -0.39 is 11.6 Å². The van der Waals surface area contributed by atoms with E-state index in [4.69, 9.17) is 5.73 Å². The van der Waals surface area contributed by atoms with Crippen molar-refractivity contribution in [2.45, 2.75) is 18.9 Å². The summed E-state index contributed by atoms with van der Waals surface area (Å²) in [5.74, 6) is -0.691. The fourth-order valence-corrected chi connectivity index (χ4v) is 1.48. The maximum Gasteiger partial charge on any atom is 0.130 e. The second-order valence-corrected chi connectivity index (χ2v) is 3.53. The third-order valence-electron chi connectivity index (χ3n) is 2.45. The molecule has 3 heteroatoms. The highest BCUT2D eigenvalue weighted by Gasteiger charge is 2.30. The van der Waals surface area contributed by atoms with Gasteiger partial charge in [-0.25, -0.2) is 8.78 Å². The van der Waals surface area contributed by atoms with Crippen molar-refractivity contribution in [1.29, 1.82) is 0 Å². The Bertz CT molecular complexity index is 321. The van der Waals surface area contributed by atoms with E-state index >= 15 is 0 Å². The molecule has 2 rings (SSSR count). The first-order chi connectivity index (χ1) is 6.18. The average Bonchev–Trinajstić information content (AvgIpc) is 2.85. The molecule has 13 heavy (non-hydrogen) atoms. The molecule has 1 aromatic carbocycles. The summed E-state index contributed by atoms with van der Waals surface area (Å²) in [7, 11) is 0. The molecule has 0 aliphatic heterocycles. The highest BCUT2D eigenvalue weighted by molar-refractivity contribution is 5.23. The van der Waals surface area contributed by atoms with E-state index in [1.807, 2.05) is 0 Å². The van der Waals surface area contributed by atoms with Crippen LogP contribution in [0.25, 0.3) is 0 Å². The molecule has 0 saturated heterocycles. The summed E-state index contributed by atoms with van der Waals surface area (Å²) >= 11 is 0. The largest absolute Gasteiger partial charge is 0.324 e. The minimum Gasteiger partial charge on any atom is -0.324 e.